The van der Waals surface area contributed by atoms with Crippen molar-refractivity contribution in [2.24, 2.45) is 0 Å². The maximum absolute atomic E-state index is 15.2. The molecular formula is C29H22F2N6O4S. The molecule has 2 N–H and O–H groups in total. The van der Waals surface area contributed by atoms with Gasteiger partial charge < -0.3 is 15.5 Å². The average molecular weight is 589 g/mol. The lowest BCUT2D eigenvalue weighted by Crippen LogP contribution is -2.42. The zero-order valence-corrected chi connectivity index (χ0v) is 22.8. The van der Waals surface area contributed by atoms with Crippen molar-refractivity contribution in [3.63, 3.8) is 0 Å². The van der Waals surface area contributed by atoms with Crippen molar-refractivity contribution in [2.75, 3.05) is 5.32 Å². The first-order chi connectivity index (χ1) is 20.3. The van der Waals surface area contributed by atoms with E-state index in [9.17, 15) is 18.8 Å². The van der Waals surface area contributed by atoms with Crippen molar-refractivity contribution in [3.05, 3.63) is 116 Å². The van der Waals surface area contributed by atoms with Crippen LogP contribution in [-0.2, 0) is 13.0 Å². The highest BCUT2D eigenvalue weighted by Crippen LogP contribution is 2.33. The zero-order valence-electron chi connectivity index (χ0n) is 22.0. The van der Waals surface area contributed by atoms with Crippen LogP contribution < -0.4 is 21.3 Å². The summed E-state index contributed by atoms with van der Waals surface area (Å²) in [6.07, 6.45) is 5.74. The van der Waals surface area contributed by atoms with Crippen LogP contribution in [0.3, 0.4) is 0 Å². The summed E-state index contributed by atoms with van der Waals surface area (Å²) >= 11 is 1.40. The van der Waals surface area contributed by atoms with Gasteiger partial charge in [0.1, 0.15) is 17.1 Å². The minimum atomic E-state index is -0.915. The van der Waals surface area contributed by atoms with E-state index in [-0.39, 0.29) is 41.4 Å². The standard InChI is InChI=1S/C29H22F2N6O4S/c1-2-36-15-21(28(39)37(29(36)40)20-6-3-18(30)4-7-20)27(38)35-19-5-8-24(22(31)12-19)41-25-11-17(26-14-33-16-42-26)13-34-23(25)9-10-32/h3-8,10-16,32H,2,9H2,1H3,(H,35,38). The van der Waals surface area contributed by atoms with E-state index in [1.165, 1.54) is 35.6 Å². The molecule has 5 rings (SSSR count). The van der Waals surface area contributed by atoms with Crippen LogP contribution in [0.1, 0.15) is 23.0 Å². The Morgan fingerprint density at radius 3 is 2.55 bits per heavy atom. The molecule has 0 bridgehead atoms. The van der Waals surface area contributed by atoms with Crippen LogP contribution in [0.4, 0.5) is 14.5 Å². The number of carbonyl (C=O) groups is 1. The van der Waals surface area contributed by atoms with E-state index >= 15 is 4.39 Å². The van der Waals surface area contributed by atoms with Crippen molar-refractivity contribution >= 4 is 29.1 Å². The van der Waals surface area contributed by atoms with Gasteiger partial charge in [0.2, 0.25) is 0 Å². The van der Waals surface area contributed by atoms with Crippen molar-refractivity contribution in [1.29, 1.82) is 5.41 Å². The lowest BCUT2D eigenvalue weighted by Gasteiger charge is -2.14. The molecule has 0 aliphatic heterocycles. The molecule has 42 heavy (non-hydrogen) atoms. The minimum Gasteiger partial charge on any atom is -0.452 e. The van der Waals surface area contributed by atoms with Gasteiger partial charge in [-0.1, -0.05) is 0 Å². The summed E-state index contributed by atoms with van der Waals surface area (Å²) in [5.74, 6) is -2.13. The molecule has 0 radical (unpaired) electrons. The van der Waals surface area contributed by atoms with E-state index in [2.05, 4.69) is 15.3 Å². The summed E-state index contributed by atoms with van der Waals surface area (Å²) in [4.78, 5) is 48.4. The Morgan fingerprint density at radius 1 is 1.10 bits per heavy atom. The molecule has 0 spiro atoms. The fourth-order valence-electron chi connectivity index (χ4n) is 4.08. The number of aromatic nitrogens is 4. The van der Waals surface area contributed by atoms with Crippen LogP contribution in [0, 0.1) is 17.0 Å². The first-order valence-electron chi connectivity index (χ1n) is 12.6. The molecule has 10 nitrogen and oxygen atoms in total. The Bertz CT molecular complexity index is 1900. The monoisotopic (exact) mass is 588 g/mol. The maximum atomic E-state index is 15.2. The van der Waals surface area contributed by atoms with Crippen LogP contribution in [0.5, 0.6) is 11.5 Å². The molecule has 0 atom stereocenters. The molecule has 0 aliphatic rings. The zero-order chi connectivity index (χ0) is 29.8. The molecule has 0 aliphatic carbocycles. The lowest BCUT2D eigenvalue weighted by molar-refractivity contribution is 0.102. The van der Waals surface area contributed by atoms with Crippen LogP contribution in [0.15, 0.2) is 82.2 Å². The van der Waals surface area contributed by atoms with Gasteiger partial charge in [0.25, 0.3) is 11.5 Å². The molecular weight excluding hydrogens is 566 g/mol. The van der Waals surface area contributed by atoms with E-state index in [1.54, 1.807) is 30.9 Å². The smallest absolute Gasteiger partial charge is 0.335 e. The number of anilines is 1. The number of hydrogen-bond donors (Lipinski definition) is 2. The van der Waals surface area contributed by atoms with Gasteiger partial charge in [-0.15, -0.1) is 11.3 Å². The van der Waals surface area contributed by atoms with Crippen LogP contribution in [0.25, 0.3) is 16.1 Å². The number of aryl methyl sites for hydroxylation is 1. The number of benzene rings is 2. The molecule has 0 unspecified atom stereocenters. The molecule has 13 heteroatoms. The average Bonchev–Trinajstić information content (AvgIpc) is 3.52. The van der Waals surface area contributed by atoms with E-state index in [1.807, 2.05) is 0 Å². The summed E-state index contributed by atoms with van der Waals surface area (Å²) in [5.41, 5.74) is 0.946. The Kier molecular flexibility index (Phi) is 8.11. The second-order valence-corrected chi connectivity index (χ2v) is 9.76. The van der Waals surface area contributed by atoms with Crippen molar-refractivity contribution in [2.45, 2.75) is 19.9 Å². The quantitative estimate of drug-likeness (QED) is 0.232. The normalized spacial score (nSPS) is 10.8. The number of hydrogen-bond acceptors (Lipinski definition) is 8. The topological polar surface area (TPSA) is 132 Å². The first-order valence-corrected chi connectivity index (χ1v) is 13.4. The van der Waals surface area contributed by atoms with Crippen molar-refractivity contribution in [3.8, 4) is 27.6 Å². The van der Waals surface area contributed by atoms with Gasteiger partial charge in [-0.25, -0.2) is 18.1 Å². The van der Waals surface area contributed by atoms with Gasteiger partial charge in [-0.05, 0) is 49.4 Å². The second kappa shape index (κ2) is 12.1. The first kappa shape index (κ1) is 28.2. The number of nitrogens with zero attached hydrogens (tertiary/aromatic N) is 4. The Hall–Kier alpha value is -5.30. The van der Waals surface area contributed by atoms with E-state index in [0.717, 1.165) is 44.6 Å². The van der Waals surface area contributed by atoms with Crippen LogP contribution in [-0.4, -0.2) is 31.2 Å². The lowest BCUT2D eigenvalue weighted by atomic mass is 10.2. The number of halogens is 2. The van der Waals surface area contributed by atoms with Crippen molar-refractivity contribution in [1.82, 2.24) is 19.1 Å². The molecule has 2 aromatic carbocycles. The highest BCUT2D eigenvalue weighted by atomic mass is 32.1. The van der Waals surface area contributed by atoms with Crippen LogP contribution >= 0.6 is 11.3 Å². The van der Waals surface area contributed by atoms with Crippen LogP contribution in [0.2, 0.25) is 0 Å². The number of ether oxygens (including phenoxy) is 1. The van der Waals surface area contributed by atoms with Gasteiger partial charge in [-0.3, -0.25) is 24.1 Å². The third kappa shape index (κ3) is 5.76. The molecule has 5 aromatic rings. The van der Waals surface area contributed by atoms with Gasteiger partial charge in [0.05, 0.1) is 21.8 Å². The number of rotatable bonds is 9. The van der Waals surface area contributed by atoms with Crippen molar-refractivity contribution < 1.29 is 18.3 Å². The third-order valence-electron chi connectivity index (χ3n) is 6.18. The molecule has 0 fully saturated rings. The van der Waals surface area contributed by atoms with Gasteiger partial charge in [-0.2, -0.15) is 0 Å². The number of thiazole rings is 1. The predicted molar refractivity (Wildman–Crippen MR) is 154 cm³/mol. The maximum Gasteiger partial charge on any atom is 0.335 e. The Morgan fingerprint density at radius 2 is 1.88 bits per heavy atom. The fourth-order valence-corrected chi connectivity index (χ4v) is 4.69. The largest absolute Gasteiger partial charge is 0.452 e. The molecule has 212 valence electrons. The molecule has 0 saturated carbocycles. The summed E-state index contributed by atoms with van der Waals surface area (Å²) in [6.45, 7) is 1.81. The number of carbonyl (C=O) groups excluding carboxylic acids is 1. The van der Waals surface area contributed by atoms with E-state index in [0.29, 0.717) is 11.3 Å². The van der Waals surface area contributed by atoms with Gasteiger partial charge in [0.15, 0.2) is 11.6 Å². The summed E-state index contributed by atoms with van der Waals surface area (Å²) in [5, 5.41) is 9.92. The molecule has 0 saturated heterocycles. The second-order valence-electron chi connectivity index (χ2n) is 8.87. The molecule has 3 heterocycles. The SMILES string of the molecule is CCn1cc(C(=O)Nc2ccc(Oc3cc(-c4cncs4)cnc3CC=N)c(F)c2)c(=O)n(-c2ccc(F)cc2)c1=O. The molecule has 3 aromatic heterocycles. The Labute approximate surface area is 241 Å². The summed E-state index contributed by atoms with van der Waals surface area (Å²) in [6, 6.07) is 10.1. The number of pyridine rings is 1. The fraction of sp³-hybridized carbons (Fsp3) is 0.103. The molecule has 1 amide bonds. The van der Waals surface area contributed by atoms with Gasteiger partial charge in [0, 0.05) is 55.1 Å². The highest BCUT2D eigenvalue weighted by Gasteiger charge is 2.20. The highest BCUT2D eigenvalue weighted by molar-refractivity contribution is 7.13. The predicted octanol–water partition coefficient (Wildman–Crippen LogP) is 5.05. The Balaban J connectivity index is 1.43. The van der Waals surface area contributed by atoms with Gasteiger partial charge >= 0.3 is 5.69 Å². The number of amides is 1. The third-order valence-corrected chi connectivity index (χ3v) is 7.00. The van der Waals surface area contributed by atoms with E-state index < -0.39 is 28.8 Å². The summed E-state index contributed by atoms with van der Waals surface area (Å²) in [7, 11) is 0. The van der Waals surface area contributed by atoms with E-state index in [4.69, 9.17) is 10.1 Å². The summed E-state index contributed by atoms with van der Waals surface area (Å²) < 4.78 is 36.3. The number of nitrogens with one attached hydrogen (secondary N) is 2. The minimum absolute atomic E-state index is 0.0306.